The highest BCUT2D eigenvalue weighted by atomic mass is 14.7. The number of rotatable bonds is 8. The summed E-state index contributed by atoms with van der Waals surface area (Å²) in [6.45, 7) is 4.73. The molecule has 1 heterocycles. The van der Waals surface area contributed by atoms with Gasteiger partial charge in [0.15, 0.2) is 0 Å². The number of nitrogens with one attached hydrogen (secondary N) is 1. The molecule has 1 aliphatic rings. The Morgan fingerprint density at radius 2 is 1.25 bits per heavy atom. The second-order valence-corrected chi connectivity index (χ2v) is 15.8. The maximum atomic E-state index is 9.31. The highest BCUT2D eigenvalue weighted by Crippen LogP contribution is 2.54. The molecule has 0 atom stereocenters. The lowest BCUT2D eigenvalue weighted by Gasteiger charge is -2.23. The zero-order valence-corrected chi connectivity index (χ0v) is 33.0. The summed E-state index contributed by atoms with van der Waals surface area (Å²) >= 11 is 0. The van der Waals surface area contributed by atoms with Gasteiger partial charge in [-0.15, -0.1) is 0 Å². The van der Waals surface area contributed by atoms with Crippen LogP contribution in [0.5, 0.6) is 0 Å². The fourth-order valence-electron chi connectivity index (χ4n) is 8.98. The topological polar surface area (TPSA) is 49.1 Å². The number of allylic oxidation sites excluding steroid dienone is 1. The number of nitrogens with zero attached hydrogens (tertiary/aromatic N) is 2. The summed E-state index contributed by atoms with van der Waals surface area (Å²) in [5.41, 5.74) is 16.0. The third kappa shape index (κ3) is 6.47. The van der Waals surface area contributed by atoms with Crippen molar-refractivity contribution in [2.75, 3.05) is 0 Å². The summed E-state index contributed by atoms with van der Waals surface area (Å²) in [4.78, 5) is 9.37. The quantitative estimate of drug-likeness (QED) is 0.154. The molecule has 10 rings (SSSR count). The second-order valence-electron chi connectivity index (χ2n) is 15.8. The van der Waals surface area contributed by atoms with Crippen molar-refractivity contribution in [2.24, 2.45) is 4.99 Å². The molecule has 0 amide bonds. The first kappa shape index (κ1) is 35.9. The van der Waals surface area contributed by atoms with E-state index in [1.54, 1.807) is 6.20 Å². The van der Waals surface area contributed by atoms with Gasteiger partial charge in [-0.3, -0.25) is 9.98 Å². The lowest BCUT2D eigenvalue weighted by atomic mass is 9.80. The van der Waals surface area contributed by atoms with E-state index < -0.39 is 0 Å². The summed E-state index contributed by atoms with van der Waals surface area (Å²) in [6.07, 6.45) is 7.40. The van der Waals surface area contributed by atoms with Gasteiger partial charge in [0.2, 0.25) is 0 Å². The van der Waals surface area contributed by atoms with Crippen molar-refractivity contribution in [2.45, 2.75) is 19.3 Å². The monoisotopic (exact) mass is 755 g/mol. The molecule has 1 aliphatic carbocycles. The zero-order valence-electron chi connectivity index (χ0n) is 33.0. The first-order valence-corrected chi connectivity index (χ1v) is 20.1. The van der Waals surface area contributed by atoms with Crippen molar-refractivity contribution < 1.29 is 0 Å². The molecule has 0 saturated carbocycles. The first-order chi connectivity index (χ1) is 28.9. The van der Waals surface area contributed by atoms with Crippen molar-refractivity contribution in [1.82, 2.24) is 4.98 Å². The number of aliphatic imine (C=N–C) groups is 1. The van der Waals surface area contributed by atoms with Gasteiger partial charge in [0, 0.05) is 40.7 Å². The van der Waals surface area contributed by atoms with Crippen LogP contribution in [-0.4, -0.2) is 16.9 Å². The minimum absolute atomic E-state index is 0.108. The van der Waals surface area contributed by atoms with Crippen molar-refractivity contribution in [1.29, 1.82) is 5.41 Å². The van der Waals surface area contributed by atoms with Crippen LogP contribution in [0.2, 0.25) is 0 Å². The van der Waals surface area contributed by atoms with Crippen molar-refractivity contribution >= 4 is 39.2 Å². The Labute approximate surface area is 345 Å². The predicted octanol–water partition coefficient (Wildman–Crippen LogP) is 14.2. The Hall–Kier alpha value is -7.49. The van der Waals surface area contributed by atoms with Gasteiger partial charge in [-0.2, -0.15) is 0 Å². The molecule has 8 aromatic carbocycles. The highest BCUT2D eigenvalue weighted by molar-refractivity contribution is 6.13. The molecule has 3 nitrogen and oxygen atoms in total. The largest absolute Gasteiger partial charge is 0.300 e. The summed E-state index contributed by atoms with van der Waals surface area (Å²) in [5.74, 6) is 0. The first-order valence-electron chi connectivity index (χ1n) is 20.1. The summed E-state index contributed by atoms with van der Waals surface area (Å²) < 4.78 is 0. The van der Waals surface area contributed by atoms with Gasteiger partial charge >= 0.3 is 0 Å². The van der Waals surface area contributed by atoms with Crippen LogP contribution in [0.15, 0.2) is 205 Å². The maximum Gasteiger partial charge on any atom is 0.0729 e. The Morgan fingerprint density at radius 3 is 2.05 bits per heavy atom. The van der Waals surface area contributed by atoms with Crippen LogP contribution >= 0.6 is 0 Å². The number of pyridine rings is 1. The Balaban J connectivity index is 1.04. The average molecular weight is 756 g/mol. The van der Waals surface area contributed by atoms with Gasteiger partial charge in [-0.1, -0.05) is 184 Å². The molecule has 280 valence electrons. The molecular weight excluding hydrogens is 715 g/mol. The third-order valence-corrected chi connectivity index (χ3v) is 11.9. The van der Waals surface area contributed by atoms with E-state index in [0.717, 1.165) is 55.4 Å². The van der Waals surface area contributed by atoms with Gasteiger partial charge in [-0.05, 0) is 95.4 Å². The van der Waals surface area contributed by atoms with Gasteiger partial charge in [0.05, 0.1) is 11.4 Å². The van der Waals surface area contributed by atoms with Crippen LogP contribution in [0.1, 0.15) is 41.7 Å². The molecule has 1 N–H and O–H groups in total. The smallest absolute Gasteiger partial charge is 0.0729 e. The third-order valence-electron chi connectivity index (χ3n) is 11.9. The van der Waals surface area contributed by atoms with Gasteiger partial charge in [-0.25, -0.2) is 0 Å². The Bertz CT molecular complexity index is 3120. The molecule has 1 aromatic heterocycles. The van der Waals surface area contributed by atoms with Crippen LogP contribution in [0.4, 0.5) is 0 Å². The van der Waals surface area contributed by atoms with Crippen LogP contribution in [0, 0.1) is 5.41 Å². The maximum absolute atomic E-state index is 9.31. The van der Waals surface area contributed by atoms with Crippen LogP contribution in [0.25, 0.3) is 71.7 Å². The standard InChI is InChI=1S/C56H41N3/c1-56(2)51-23-11-22-45(54(51)50-29-28-38-15-6-7-19-46(38)55(50)56)40-26-24-39(25-27-40)44-30-31-49(48-21-9-8-20-47(44)48)53(59-35-37-13-4-3-5-14-37)34-52(57)42-17-10-16-41(33-42)43-18-12-32-58-36-43/h3-36,57H,1-2H3/b53-34-,57-52?,59-35?. The van der Waals surface area contributed by atoms with Crippen molar-refractivity contribution in [3.05, 3.63) is 228 Å². The molecule has 0 fully saturated rings. The number of hydrogen-bond donors (Lipinski definition) is 1. The van der Waals surface area contributed by atoms with E-state index in [-0.39, 0.29) is 5.41 Å². The number of hydrogen-bond acceptors (Lipinski definition) is 3. The molecule has 9 aromatic rings. The number of aromatic nitrogens is 1. The molecule has 0 saturated heterocycles. The number of fused-ring (bicyclic) bond motifs is 6. The molecular formula is C56H41N3. The predicted molar refractivity (Wildman–Crippen MR) is 248 cm³/mol. The van der Waals surface area contributed by atoms with E-state index >= 15 is 0 Å². The molecule has 59 heavy (non-hydrogen) atoms. The molecule has 0 bridgehead atoms. The minimum atomic E-state index is -0.108. The van der Waals surface area contributed by atoms with Crippen molar-refractivity contribution in [3.63, 3.8) is 0 Å². The van der Waals surface area contributed by atoms with Gasteiger partial charge in [0.25, 0.3) is 0 Å². The van der Waals surface area contributed by atoms with Crippen LogP contribution < -0.4 is 0 Å². The molecule has 3 heteroatoms. The fraction of sp³-hybridized carbons (Fsp3) is 0.0536. The van der Waals surface area contributed by atoms with E-state index in [0.29, 0.717) is 5.71 Å². The van der Waals surface area contributed by atoms with E-state index in [1.165, 1.54) is 44.2 Å². The number of benzene rings is 8. The Kier molecular flexibility index (Phi) is 8.99. The highest BCUT2D eigenvalue weighted by Gasteiger charge is 2.38. The molecule has 0 unspecified atom stereocenters. The summed E-state index contributed by atoms with van der Waals surface area (Å²) in [5, 5.41) is 14.1. The summed E-state index contributed by atoms with van der Waals surface area (Å²) in [6, 6.07) is 64.3. The molecule has 0 spiro atoms. The average Bonchev–Trinajstić information content (AvgIpc) is 3.54. The lowest BCUT2D eigenvalue weighted by molar-refractivity contribution is 0.666. The molecule has 0 aliphatic heterocycles. The second kappa shape index (κ2) is 14.8. The lowest BCUT2D eigenvalue weighted by Crippen LogP contribution is -2.15. The molecule has 0 radical (unpaired) electrons. The van der Waals surface area contributed by atoms with Gasteiger partial charge in [0.1, 0.15) is 0 Å². The SMILES string of the molecule is CC1(C)c2cccc(-c3ccc(-c4ccc(/C(=C/C(=N)c5cccc(-c6cccnc6)c5)N=Cc5ccccc5)c5ccccc45)cc3)c2-c2ccc3ccccc3c21. The fourth-order valence-corrected chi connectivity index (χ4v) is 8.98. The van der Waals surface area contributed by atoms with Gasteiger partial charge < -0.3 is 5.41 Å². The van der Waals surface area contributed by atoms with Crippen molar-refractivity contribution in [3.8, 4) is 44.5 Å². The van der Waals surface area contributed by atoms with E-state index in [4.69, 9.17) is 4.99 Å². The van der Waals surface area contributed by atoms with E-state index in [2.05, 4.69) is 140 Å². The van der Waals surface area contributed by atoms with E-state index in [1.807, 2.05) is 79.2 Å². The zero-order chi connectivity index (χ0) is 39.9. The normalized spacial score (nSPS) is 13.2. The van der Waals surface area contributed by atoms with Crippen LogP contribution in [0.3, 0.4) is 0 Å². The minimum Gasteiger partial charge on any atom is -0.300 e. The van der Waals surface area contributed by atoms with E-state index in [9.17, 15) is 5.41 Å². The summed E-state index contributed by atoms with van der Waals surface area (Å²) in [7, 11) is 0. The van der Waals surface area contributed by atoms with Crippen LogP contribution in [-0.2, 0) is 5.41 Å². The Morgan fingerprint density at radius 1 is 0.559 bits per heavy atom.